The van der Waals surface area contributed by atoms with Crippen molar-refractivity contribution >= 4 is 29.2 Å². The molecule has 2 N–H and O–H groups in total. The van der Waals surface area contributed by atoms with Gasteiger partial charge in [0.05, 0.1) is 13.2 Å². The molecular formula is C20H22ClN3O3. The molecular weight excluding hydrogens is 366 g/mol. The van der Waals surface area contributed by atoms with Crippen molar-refractivity contribution in [2.75, 3.05) is 26.0 Å². The number of rotatable bonds is 4. The van der Waals surface area contributed by atoms with Gasteiger partial charge in [0.25, 0.3) is 0 Å². The highest BCUT2D eigenvalue weighted by Gasteiger charge is 2.34. The third-order valence-electron chi connectivity index (χ3n) is 4.74. The number of nitrogens with zero attached hydrogens (tertiary/aromatic N) is 1. The number of ether oxygens (including phenoxy) is 1. The Morgan fingerprint density at radius 1 is 1.15 bits per heavy atom. The van der Waals surface area contributed by atoms with Crippen LogP contribution in [0.1, 0.15) is 17.9 Å². The highest BCUT2D eigenvalue weighted by molar-refractivity contribution is 6.30. The van der Waals surface area contributed by atoms with Crippen LogP contribution in [0.15, 0.2) is 48.5 Å². The molecule has 2 aromatic carbocycles. The molecule has 0 saturated carbocycles. The molecule has 1 heterocycles. The second-order valence-electron chi connectivity index (χ2n) is 6.57. The van der Waals surface area contributed by atoms with E-state index in [9.17, 15) is 9.59 Å². The summed E-state index contributed by atoms with van der Waals surface area (Å²) in [5, 5.41) is 6.41. The van der Waals surface area contributed by atoms with Crippen molar-refractivity contribution in [2.45, 2.75) is 18.4 Å². The number of likely N-dealkylation sites (tertiary alicyclic amines) is 1. The first kappa shape index (κ1) is 19.0. The number of piperidine rings is 1. The molecule has 0 radical (unpaired) electrons. The van der Waals surface area contributed by atoms with E-state index in [-0.39, 0.29) is 23.9 Å². The van der Waals surface area contributed by atoms with E-state index in [0.717, 1.165) is 11.3 Å². The molecule has 0 aliphatic carbocycles. The van der Waals surface area contributed by atoms with E-state index >= 15 is 0 Å². The number of hydrogen-bond acceptors (Lipinski definition) is 3. The van der Waals surface area contributed by atoms with Crippen LogP contribution in [0.25, 0.3) is 0 Å². The summed E-state index contributed by atoms with van der Waals surface area (Å²) in [6.45, 7) is 0.448. The summed E-state index contributed by atoms with van der Waals surface area (Å²) in [6.07, 6.45) is 0.342. The van der Waals surface area contributed by atoms with Crippen LogP contribution < -0.4 is 15.4 Å². The molecule has 2 unspecified atom stereocenters. The minimum absolute atomic E-state index is 0.0620. The van der Waals surface area contributed by atoms with Crippen molar-refractivity contribution in [3.8, 4) is 5.75 Å². The molecule has 3 amide bonds. The minimum atomic E-state index is -0.316. The van der Waals surface area contributed by atoms with Crippen LogP contribution in [-0.4, -0.2) is 43.6 Å². The van der Waals surface area contributed by atoms with E-state index in [1.54, 1.807) is 43.3 Å². The van der Waals surface area contributed by atoms with Crippen LogP contribution in [0.3, 0.4) is 0 Å². The zero-order chi connectivity index (χ0) is 19.4. The van der Waals surface area contributed by atoms with Gasteiger partial charge in [0.1, 0.15) is 5.75 Å². The number of nitrogens with one attached hydrogen (secondary N) is 2. The Morgan fingerprint density at radius 3 is 2.44 bits per heavy atom. The molecule has 27 heavy (non-hydrogen) atoms. The molecule has 142 valence electrons. The molecule has 0 bridgehead atoms. The van der Waals surface area contributed by atoms with Gasteiger partial charge in [0, 0.05) is 36.6 Å². The van der Waals surface area contributed by atoms with Crippen LogP contribution in [0.2, 0.25) is 5.02 Å². The predicted molar refractivity (Wildman–Crippen MR) is 105 cm³/mol. The SMILES string of the molecule is COc1ccc(C2CC(=O)N(C)CC2NC(=O)Nc2ccc(Cl)cc2)cc1. The van der Waals surface area contributed by atoms with E-state index in [2.05, 4.69) is 10.6 Å². The Kier molecular flexibility index (Phi) is 5.86. The Hall–Kier alpha value is -2.73. The predicted octanol–water partition coefficient (Wildman–Crippen LogP) is 3.48. The van der Waals surface area contributed by atoms with Gasteiger partial charge in [0.15, 0.2) is 0 Å². The van der Waals surface area contributed by atoms with Crippen LogP contribution in [0, 0.1) is 0 Å². The lowest BCUT2D eigenvalue weighted by Crippen LogP contribution is -2.53. The number of anilines is 1. The number of amides is 3. The molecule has 1 aliphatic heterocycles. The lowest BCUT2D eigenvalue weighted by Gasteiger charge is -2.37. The minimum Gasteiger partial charge on any atom is -0.497 e. The number of hydrogen-bond donors (Lipinski definition) is 2. The summed E-state index contributed by atoms with van der Waals surface area (Å²) < 4.78 is 5.20. The average molecular weight is 388 g/mol. The molecule has 2 aromatic rings. The average Bonchev–Trinajstić information content (AvgIpc) is 2.66. The molecule has 7 heteroatoms. The summed E-state index contributed by atoms with van der Waals surface area (Å²) in [5.74, 6) is 0.713. The van der Waals surface area contributed by atoms with Gasteiger partial charge < -0.3 is 20.3 Å². The molecule has 6 nitrogen and oxygen atoms in total. The Bertz CT molecular complexity index is 808. The number of urea groups is 1. The molecule has 3 rings (SSSR count). The molecule has 1 aliphatic rings. The van der Waals surface area contributed by atoms with E-state index in [1.165, 1.54) is 0 Å². The van der Waals surface area contributed by atoms with Gasteiger partial charge in [-0.15, -0.1) is 0 Å². The second kappa shape index (κ2) is 8.31. The van der Waals surface area contributed by atoms with Crippen molar-refractivity contribution in [3.05, 3.63) is 59.1 Å². The van der Waals surface area contributed by atoms with Crippen LogP contribution in [0.5, 0.6) is 5.75 Å². The summed E-state index contributed by atoms with van der Waals surface area (Å²) >= 11 is 5.87. The van der Waals surface area contributed by atoms with E-state index in [1.807, 2.05) is 24.3 Å². The number of carbonyl (C=O) groups is 2. The molecule has 1 fully saturated rings. The zero-order valence-corrected chi connectivity index (χ0v) is 16.0. The van der Waals surface area contributed by atoms with E-state index in [4.69, 9.17) is 16.3 Å². The maximum absolute atomic E-state index is 12.5. The van der Waals surface area contributed by atoms with Gasteiger partial charge in [0.2, 0.25) is 5.91 Å². The van der Waals surface area contributed by atoms with Gasteiger partial charge in [-0.3, -0.25) is 4.79 Å². The lowest BCUT2D eigenvalue weighted by atomic mass is 9.85. The first-order valence-corrected chi connectivity index (χ1v) is 9.05. The summed E-state index contributed by atoms with van der Waals surface area (Å²) in [6, 6.07) is 14.0. The zero-order valence-electron chi connectivity index (χ0n) is 15.2. The maximum Gasteiger partial charge on any atom is 0.319 e. The monoisotopic (exact) mass is 387 g/mol. The third kappa shape index (κ3) is 4.71. The van der Waals surface area contributed by atoms with Gasteiger partial charge in [-0.05, 0) is 42.0 Å². The summed E-state index contributed by atoms with van der Waals surface area (Å²) in [7, 11) is 3.36. The van der Waals surface area contributed by atoms with E-state index < -0.39 is 0 Å². The first-order chi connectivity index (χ1) is 13.0. The topological polar surface area (TPSA) is 70.7 Å². The third-order valence-corrected chi connectivity index (χ3v) is 4.99. The first-order valence-electron chi connectivity index (χ1n) is 8.67. The maximum atomic E-state index is 12.5. The fourth-order valence-corrected chi connectivity index (χ4v) is 3.35. The van der Waals surface area contributed by atoms with Crippen molar-refractivity contribution < 1.29 is 14.3 Å². The van der Waals surface area contributed by atoms with Crippen LogP contribution >= 0.6 is 11.6 Å². The fourth-order valence-electron chi connectivity index (χ4n) is 3.23. The van der Waals surface area contributed by atoms with Crippen LogP contribution in [0.4, 0.5) is 10.5 Å². The van der Waals surface area contributed by atoms with Gasteiger partial charge >= 0.3 is 6.03 Å². The fraction of sp³-hybridized carbons (Fsp3) is 0.300. The number of benzene rings is 2. The van der Waals surface area contributed by atoms with Crippen molar-refractivity contribution in [1.29, 1.82) is 0 Å². The highest BCUT2D eigenvalue weighted by atomic mass is 35.5. The number of halogens is 1. The molecule has 2 atom stereocenters. The normalized spacial score (nSPS) is 19.5. The quantitative estimate of drug-likeness (QED) is 0.843. The number of likely N-dealkylation sites (N-methyl/N-ethyl adjacent to an activating group) is 1. The molecule has 1 saturated heterocycles. The molecule has 0 aromatic heterocycles. The second-order valence-corrected chi connectivity index (χ2v) is 7.01. The van der Waals surface area contributed by atoms with Gasteiger partial charge in [-0.2, -0.15) is 0 Å². The van der Waals surface area contributed by atoms with Crippen molar-refractivity contribution in [1.82, 2.24) is 10.2 Å². The standard InChI is InChI=1S/C20H22ClN3O3/c1-24-12-18(23-20(26)22-15-7-5-14(21)6-8-15)17(11-19(24)25)13-3-9-16(27-2)10-4-13/h3-10,17-18H,11-12H2,1-2H3,(H2,22,23,26). The Morgan fingerprint density at radius 2 is 1.81 bits per heavy atom. The van der Waals surface area contributed by atoms with E-state index in [0.29, 0.717) is 23.7 Å². The Balaban J connectivity index is 1.73. The smallest absolute Gasteiger partial charge is 0.319 e. The highest BCUT2D eigenvalue weighted by Crippen LogP contribution is 2.30. The van der Waals surface area contributed by atoms with Crippen molar-refractivity contribution in [3.63, 3.8) is 0 Å². The van der Waals surface area contributed by atoms with Crippen LogP contribution in [-0.2, 0) is 4.79 Å². The van der Waals surface area contributed by atoms with Crippen molar-refractivity contribution in [2.24, 2.45) is 0 Å². The number of methoxy groups -OCH3 is 1. The van der Waals surface area contributed by atoms with Gasteiger partial charge in [-0.25, -0.2) is 4.79 Å². The lowest BCUT2D eigenvalue weighted by molar-refractivity contribution is -0.133. The summed E-state index contributed by atoms with van der Waals surface area (Å²) in [5.41, 5.74) is 1.65. The largest absolute Gasteiger partial charge is 0.497 e. The number of carbonyl (C=O) groups excluding carboxylic acids is 2. The molecule has 0 spiro atoms. The summed E-state index contributed by atoms with van der Waals surface area (Å²) in [4.78, 5) is 26.3. The van der Waals surface area contributed by atoms with Gasteiger partial charge in [-0.1, -0.05) is 23.7 Å². The Labute approximate surface area is 163 Å².